The molecule has 0 saturated heterocycles. The number of hydrogen-bond donors (Lipinski definition) is 2. The van der Waals surface area contributed by atoms with Crippen LogP contribution in [0.15, 0.2) is 29.4 Å². The normalized spacial score (nSPS) is 11.6. The third kappa shape index (κ3) is 3.15. The zero-order valence-corrected chi connectivity index (χ0v) is 12.6. The topological polar surface area (TPSA) is 90.0 Å². The summed E-state index contributed by atoms with van der Waals surface area (Å²) in [6.45, 7) is 4.36. The summed E-state index contributed by atoms with van der Waals surface area (Å²) in [7, 11) is -3.98. The maximum atomic E-state index is 13.7. The van der Waals surface area contributed by atoms with Crippen molar-refractivity contribution in [1.29, 1.82) is 0 Å². The molecule has 2 rings (SSSR count). The minimum absolute atomic E-state index is 0.0169. The number of anilines is 2. The maximum absolute atomic E-state index is 13.7. The maximum Gasteiger partial charge on any atom is 0.281 e. The van der Waals surface area contributed by atoms with Crippen molar-refractivity contribution >= 4 is 21.4 Å². The van der Waals surface area contributed by atoms with Crippen LogP contribution in [-0.4, -0.2) is 18.0 Å². The van der Waals surface area contributed by atoms with E-state index in [0.29, 0.717) is 12.4 Å². The molecule has 0 bridgehead atoms. The van der Waals surface area contributed by atoms with Gasteiger partial charge >= 0.3 is 0 Å². The first-order valence-electron chi connectivity index (χ1n) is 6.45. The molecule has 0 aliphatic rings. The van der Waals surface area contributed by atoms with Crippen molar-refractivity contribution in [3.63, 3.8) is 0 Å². The fraction of sp³-hybridized carbons (Fsp3) is 0.308. The zero-order chi connectivity index (χ0) is 15.6. The van der Waals surface area contributed by atoms with E-state index in [1.165, 1.54) is 18.3 Å². The van der Waals surface area contributed by atoms with Crippen molar-refractivity contribution in [2.75, 3.05) is 10.5 Å². The third-order valence-corrected chi connectivity index (χ3v) is 4.20. The summed E-state index contributed by atoms with van der Waals surface area (Å²) in [6.07, 6.45) is 2.28. The highest BCUT2D eigenvalue weighted by Gasteiger charge is 2.21. The number of nitrogen functional groups attached to an aromatic ring is 1. The molecular weight excluding hydrogens is 295 g/mol. The standard InChI is InChI=1S/C13H17FN4O2S/c1-3-7-18-8-12(16-9(18)2)21(19,20)17-13-10(14)5-4-6-11(13)15/h4-6,8,17H,3,7,15H2,1-2H3. The smallest absolute Gasteiger partial charge is 0.281 e. The lowest BCUT2D eigenvalue weighted by atomic mass is 10.3. The van der Waals surface area contributed by atoms with Crippen LogP contribution < -0.4 is 10.5 Å². The molecule has 1 aromatic heterocycles. The van der Waals surface area contributed by atoms with E-state index in [2.05, 4.69) is 9.71 Å². The Balaban J connectivity index is 2.37. The van der Waals surface area contributed by atoms with Gasteiger partial charge in [0.25, 0.3) is 10.0 Å². The molecule has 0 fully saturated rings. The second kappa shape index (κ2) is 5.72. The number of sulfonamides is 1. The number of nitrogens with zero attached hydrogens (tertiary/aromatic N) is 2. The van der Waals surface area contributed by atoms with E-state index < -0.39 is 15.8 Å². The van der Waals surface area contributed by atoms with Crippen molar-refractivity contribution in [3.8, 4) is 0 Å². The van der Waals surface area contributed by atoms with Gasteiger partial charge in [-0.15, -0.1) is 0 Å². The predicted octanol–water partition coefficient (Wildman–Crippen LogP) is 2.12. The Kier molecular flexibility index (Phi) is 4.17. The molecule has 0 radical (unpaired) electrons. The van der Waals surface area contributed by atoms with Crippen LogP contribution in [0.5, 0.6) is 0 Å². The average molecular weight is 312 g/mol. The van der Waals surface area contributed by atoms with Crippen molar-refractivity contribution in [1.82, 2.24) is 9.55 Å². The molecule has 114 valence electrons. The number of imidazole rings is 1. The second-order valence-corrected chi connectivity index (χ2v) is 6.26. The molecule has 0 spiro atoms. The SMILES string of the molecule is CCCn1cc(S(=O)(=O)Nc2c(N)cccc2F)nc1C. The van der Waals surface area contributed by atoms with Crippen LogP contribution in [0.2, 0.25) is 0 Å². The number of hydrogen-bond acceptors (Lipinski definition) is 4. The van der Waals surface area contributed by atoms with Gasteiger partial charge < -0.3 is 10.3 Å². The number of para-hydroxylation sites is 1. The lowest BCUT2D eigenvalue weighted by molar-refractivity contribution is 0.595. The summed E-state index contributed by atoms with van der Waals surface area (Å²) in [6, 6.07) is 3.96. The van der Waals surface area contributed by atoms with Crippen molar-refractivity contribution in [3.05, 3.63) is 36.0 Å². The molecular formula is C13H17FN4O2S. The van der Waals surface area contributed by atoms with Gasteiger partial charge in [-0.05, 0) is 25.5 Å². The minimum atomic E-state index is -3.98. The first-order chi connectivity index (χ1) is 9.85. The van der Waals surface area contributed by atoms with Crippen LogP contribution in [0, 0.1) is 12.7 Å². The molecule has 3 N–H and O–H groups in total. The van der Waals surface area contributed by atoms with Gasteiger partial charge in [0.05, 0.1) is 5.69 Å². The Morgan fingerprint density at radius 1 is 1.43 bits per heavy atom. The number of benzene rings is 1. The molecule has 1 heterocycles. The molecule has 0 aliphatic carbocycles. The van der Waals surface area contributed by atoms with Gasteiger partial charge in [0.1, 0.15) is 17.3 Å². The van der Waals surface area contributed by atoms with Gasteiger partial charge in [0, 0.05) is 12.7 Å². The van der Waals surface area contributed by atoms with Crippen molar-refractivity contribution < 1.29 is 12.8 Å². The lowest BCUT2D eigenvalue weighted by Gasteiger charge is -2.09. The third-order valence-electron chi connectivity index (χ3n) is 2.98. The molecule has 0 unspecified atom stereocenters. The Labute approximate surface area is 122 Å². The van der Waals surface area contributed by atoms with Crippen LogP contribution in [0.3, 0.4) is 0 Å². The summed E-state index contributed by atoms with van der Waals surface area (Å²) in [5.74, 6) is -0.151. The van der Waals surface area contributed by atoms with Gasteiger partial charge in [0.15, 0.2) is 5.03 Å². The van der Waals surface area contributed by atoms with E-state index in [4.69, 9.17) is 5.73 Å². The van der Waals surface area contributed by atoms with E-state index >= 15 is 0 Å². The lowest BCUT2D eigenvalue weighted by Crippen LogP contribution is -2.15. The molecule has 0 aliphatic heterocycles. The van der Waals surface area contributed by atoms with Gasteiger partial charge in [-0.2, -0.15) is 8.42 Å². The van der Waals surface area contributed by atoms with E-state index in [0.717, 1.165) is 12.5 Å². The molecule has 2 aromatic rings. The molecule has 0 amide bonds. The number of aryl methyl sites for hydroxylation is 2. The Morgan fingerprint density at radius 3 is 2.76 bits per heavy atom. The van der Waals surface area contributed by atoms with Gasteiger partial charge in [0.2, 0.25) is 0 Å². The fourth-order valence-corrected chi connectivity index (χ4v) is 3.02. The van der Waals surface area contributed by atoms with Gasteiger partial charge in [-0.1, -0.05) is 13.0 Å². The molecule has 21 heavy (non-hydrogen) atoms. The molecule has 8 heteroatoms. The van der Waals surface area contributed by atoms with E-state index in [1.807, 2.05) is 6.92 Å². The van der Waals surface area contributed by atoms with Crippen molar-refractivity contribution in [2.45, 2.75) is 31.8 Å². The van der Waals surface area contributed by atoms with E-state index in [9.17, 15) is 12.8 Å². The molecule has 6 nitrogen and oxygen atoms in total. The highest BCUT2D eigenvalue weighted by Crippen LogP contribution is 2.25. The summed E-state index contributed by atoms with van der Waals surface area (Å²) >= 11 is 0. The number of aromatic nitrogens is 2. The summed E-state index contributed by atoms with van der Waals surface area (Å²) in [4.78, 5) is 4.01. The van der Waals surface area contributed by atoms with Gasteiger partial charge in [-0.25, -0.2) is 9.37 Å². The number of halogens is 1. The van der Waals surface area contributed by atoms with Gasteiger partial charge in [-0.3, -0.25) is 4.72 Å². The van der Waals surface area contributed by atoms with Crippen LogP contribution in [0.25, 0.3) is 0 Å². The Hall–Kier alpha value is -2.09. The molecule has 1 aromatic carbocycles. The van der Waals surface area contributed by atoms with Crippen LogP contribution >= 0.6 is 0 Å². The summed E-state index contributed by atoms with van der Waals surface area (Å²) in [5, 5.41) is -0.156. The zero-order valence-electron chi connectivity index (χ0n) is 11.8. The van der Waals surface area contributed by atoms with Crippen LogP contribution in [0.4, 0.5) is 15.8 Å². The minimum Gasteiger partial charge on any atom is -0.397 e. The van der Waals surface area contributed by atoms with Crippen LogP contribution in [0.1, 0.15) is 19.2 Å². The fourth-order valence-electron chi connectivity index (χ4n) is 1.91. The number of nitrogens with one attached hydrogen (secondary N) is 1. The van der Waals surface area contributed by atoms with E-state index in [-0.39, 0.29) is 16.4 Å². The van der Waals surface area contributed by atoms with Crippen LogP contribution in [-0.2, 0) is 16.6 Å². The monoisotopic (exact) mass is 312 g/mol. The predicted molar refractivity (Wildman–Crippen MR) is 78.9 cm³/mol. The average Bonchev–Trinajstić information content (AvgIpc) is 2.77. The van der Waals surface area contributed by atoms with Crippen molar-refractivity contribution in [2.24, 2.45) is 0 Å². The number of nitrogens with two attached hydrogens (primary N) is 1. The van der Waals surface area contributed by atoms with E-state index in [1.54, 1.807) is 11.5 Å². The summed E-state index contributed by atoms with van der Waals surface area (Å²) < 4.78 is 42.1. The largest absolute Gasteiger partial charge is 0.397 e. The Bertz CT molecular complexity index is 735. The second-order valence-electron chi connectivity index (χ2n) is 4.63. The molecule has 0 atom stereocenters. The first-order valence-corrected chi connectivity index (χ1v) is 7.94. The number of rotatable bonds is 5. The molecule has 0 saturated carbocycles. The quantitative estimate of drug-likeness (QED) is 0.828. The Morgan fingerprint density at radius 2 is 2.14 bits per heavy atom. The summed E-state index contributed by atoms with van der Waals surface area (Å²) in [5.41, 5.74) is 5.35. The highest BCUT2D eigenvalue weighted by molar-refractivity contribution is 7.92. The highest BCUT2D eigenvalue weighted by atomic mass is 32.2. The first kappa shape index (κ1) is 15.3.